The van der Waals surface area contributed by atoms with Gasteiger partial charge in [0.25, 0.3) is 5.69 Å². The molecule has 1 aromatic carbocycles. The molecule has 0 bridgehead atoms. The van der Waals surface area contributed by atoms with Crippen LogP contribution in [0.5, 0.6) is 5.75 Å². The van der Waals surface area contributed by atoms with Gasteiger partial charge in [-0.15, -0.1) is 0 Å². The van der Waals surface area contributed by atoms with E-state index >= 15 is 0 Å². The van der Waals surface area contributed by atoms with Gasteiger partial charge in [0.15, 0.2) is 5.94 Å². The van der Waals surface area contributed by atoms with Crippen molar-refractivity contribution in [1.29, 1.82) is 0 Å². The first kappa shape index (κ1) is 10.6. The van der Waals surface area contributed by atoms with Gasteiger partial charge in [-0.1, -0.05) is 0 Å². The van der Waals surface area contributed by atoms with Crippen molar-refractivity contribution >= 4 is 16.5 Å². The second kappa shape index (κ2) is 4.71. The van der Waals surface area contributed by atoms with Gasteiger partial charge in [0.05, 0.1) is 15.7 Å². The third kappa shape index (κ3) is 3.14. The largest absolute Gasteiger partial charge is 0.480 e. The summed E-state index contributed by atoms with van der Waals surface area (Å²) >= 11 is 0. The monoisotopic (exact) mass is 215 g/mol. The van der Waals surface area contributed by atoms with E-state index in [1.54, 1.807) is 0 Å². The van der Waals surface area contributed by atoms with Crippen LogP contribution in [0.1, 0.15) is 0 Å². The van der Waals surface area contributed by atoms with Crippen LogP contribution in [0, 0.1) is 10.1 Å². The third-order valence-corrected chi connectivity index (χ3v) is 1.89. The van der Waals surface area contributed by atoms with Crippen LogP contribution in [0.2, 0.25) is 0 Å². The number of nitro benzene ring substituents is 1. The quantitative estimate of drug-likeness (QED) is 0.561. The van der Waals surface area contributed by atoms with Crippen molar-refractivity contribution in [2.45, 2.75) is 0 Å². The van der Waals surface area contributed by atoms with Gasteiger partial charge < -0.3 is 4.74 Å². The second-order valence-electron chi connectivity index (χ2n) is 2.59. The molecular weight excluding hydrogens is 206 g/mol. The molecule has 14 heavy (non-hydrogen) atoms. The normalized spacial score (nSPS) is 12.1. The van der Waals surface area contributed by atoms with Gasteiger partial charge in [0.2, 0.25) is 0 Å². The van der Waals surface area contributed by atoms with Gasteiger partial charge in [-0.05, 0) is 12.1 Å². The van der Waals surface area contributed by atoms with Gasteiger partial charge in [-0.25, -0.2) is 0 Å². The molecule has 0 heterocycles. The first-order valence-corrected chi connectivity index (χ1v) is 5.49. The molecule has 0 aliphatic heterocycles. The van der Waals surface area contributed by atoms with Gasteiger partial charge in [0, 0.05) is 18.4 Å². The first-order valence-electron chi connectivity index (χ1n) is 3.77. The van der Waals surface area contributed by atoms with Crippen LogP contribution in [-0.2, 0) is 10.8 Å². The summed E-state index contributed by atoms with van der Waals surface area (Å²) in [7, 11) is -1.04. The Kier molecular flexibility index (Phi) is 3.58. The minimum atomic E-state index is -1.04. The molecule has 5 nitrogen and oxygen atoms in total. The number of ether oxygens (including phenoxy) is 1. The van der Waals surface area contributed by atoms with Crippen molar-refractivity contribution in [2.24, 2.45) is 0 Å². The number of hydrogen-bond acceptors (Lipinski definition) is 4. The summed E-state index contributed by atoms with van der Waals surface area (Å²) < 4.78 is 15.7. The molecule has 0 aliphatic carbocycles. The molecular formula is C8H9NO4S. The average Bonchev–Trinajstić information content (AvgIpc) is 2.15. The van der Waals surface area contributed by atoms with E-state index in [0.717, 1.165) is 0 Å². The van der Waals surface area contributed by atoms with E-state index in [1.807, 2.05) is 0 Å². The zero-order valence-corrected chi connectivity index (χ0v) is 8.32. The zero-order chi connectivity index (χ0) is 10.6. The van der Waals surface area contributed by atoms with Crippen molar-refractivity contribution in [3.05, 3.63) is 34.4 Å². The van der Waals surface area contributed by atoms with E-state index in [-0.39, 0.29) is 11.6 Å². The number of non-ortho nitro benzene ring substituents is 1. The van der Waals surface area contributed by atoms with Gasteiger partial charge in [0.1, 0.15) is 5.75 Å². The summed E-state index contributed by atoms with van der Waals surface area (Å²) in [4.78, 5) is 9.81. The Morgan fingerprint density at radius 1 is 1.43 bits per heavy atom. The number of benzene rings is 1. The summed E-state index contributed by atoms with van der Waals surface area (Å²) in [5.74, 6) is 0.573. The Morgan fingerprint density at radius 3 is 2.43 bits per heavy atom. The predicted octanol–water partition coefficient (Wildman–Crippen LogP) is 1.31. The standard InChI is InChI=1S/C8H9NO4S/c1-14(12)6-13-8-4-2-7(3-5-8)9(10)11/h2-5H,6H2,1H3. The number of nitro groups is 1. The molecule has 76 valence electrons. The summed E-state index contributed by atoms with van der Waals surface area (Å²) in [6, 6.07) is 5.64. The highest BCUT2D eigenvalue weighted by atomic mass is 32.2. The molecule has 0 saturated carbocycles. The van der Waals surface area contributed by atoms with E-state index in [2.05, 4.69) is 0 Å². The maximum absolute atomic E-state index is 10.7. The third-order valence-electron chi connectivity index (χ3n) is 1.44. The van der Waals surface area contributed by atoms with Crippen molar-refractivity contribution in [3.8, 4) is 5.75 Å². The Hall–Kier alpha value is -1.43. The fourth-order valence-electron chi connectivity index (χ4n) is 0.815. The minimum absolute atomic E-state index is 0.00923. The van der Waals surface area contributed by atoms with Crippen molar-refractivity contribution in [2.75, 3.05) is 12.2 Å². The Labute approximate surface area is 83.3 Å². The van der Waals surface area contributed by atoms with E-state index in [9.17, 15) is 14.3 Å². The lowest BCUT2D eigenvalue weighted by molar-refractivity contribution is -0.384. The number of nitrogens with zero attached hydrogens (tertiary/aromatic N) is 1. The van der Waals surface area contributed by atoms with Crippen LogP contribution in [0.15, 0.2) is 24.3 Å². The van der Waals surface area contributed by atoms with E-state index in [1.165, 1.54) is 30.5 Å². The summed E-state index contributed by atoms with van der Waals surface area (Å²) in [6.45, 7) is 0. The second-order valence-corrected chi connectivity index (χ2v) is 3.97. The maximum Gasteiger partial charge on any atom is 0.269 e. The highest BCUT2D eigenvalue weighted by Gasteiger charge is 2.04. The molecule has 0 fully saturated rings. The molecule has 1 atom stereocenters. The fraction of sp³-hybridized carbons (Fsp3) is 0.250. The van der Waals surface area contributed by atoms with E-state index in [4.69, 9.17) is 4.74 Å². The molecule has 0 N–H and O–H groups in total. The Bertz CT molecular complexity index is 349. The molecule has 0 radical (unpaired) electrons. The Morgan fingerprint density at radius 2 is 2.00 bits per heavy atom. The van der Waals surface area contributed by atoms with Crippen molar-refractivity contribution < 1.29 is 13.9 Å². The van der Waals surface area contributed by atoms with Crippen LogP contribution >= 0.6 is 0 Å². The lowest BCUT2D eigenvalue weighted by Gasteiger charge is -2.02. The summed E-state index contributed by atoms with van der Waals surface area (Å²) in [5.41, 5.74) is 0.00923. The first-order chi connectivity index (χ1) is 6.59. The van der Waals surface area contributed by atoms with Crippen LogP contribution in [0.4, 0.5) is 5.69 Å². The van der Waals surface area contributed by atoms with Crippen LogP contribution in [0.25, 0.3) is 0 Å². The molecule has 1 rings (SSSR count). The Balaban J connectivity index is 2.64. The minimum Gasteiger partial charge on any atom is -0.480 e. The highest BCUT2D eigenvalue weighted by molar-refractivity contribution is 7.84. The van der Waals surface area contributed by atoms with Crippen molar-refractivity contribution in [1.82, 2.24) is 0 Å². The molecule has 1 unspecified atom stereocenters. The molecule has 6 heteroatoms. The maximum atomic E-state index is 10.7. The van der Waals surface area contributed by atoms with E-state index in [0.29, 0.717) is 5.75 Å². The molecule has 1 aromatic rings. The topological polar surface area (TPSA) is 69.4 Å². The van der Waals surface area contributed by atoms with Gasteiger partial charge in [-0.2, -0.15) is 0 Å². The SMILES string of the molecule is CS(=O)COc1ccc([N+](=O)[O-])cc1. The predicted molar refractivity (Wildman–Crippen MR) is 52.7 cm³/mol. The zero-order valence-electron chi connectivity index (χ0n) is 7.50. The van der Waals surface area contributed by atoms with Crippen LogP contribution < -0.4 is 4.74 Å². The summed E-state index contributed by atoms with van der Waals surface area (Å²) in [6.07, 6.45) is 1.52. The molecule has 0 amide bonds. The highest BCUT2D eigenvalue weighted by Crippen LogP contribution is 2.17. The number of rotatable bonds is 4. The smallest absolute Gasteiger partial charge is 0.269 e. The lowest BCUT2D eigenvalue weighted by atomic mass is 10.3. The molecule has 0 aromatic heterocycles. The molecule has 0 saturated heterocycles. The van der Waals surface area contributed by atoms with Crippen molar-refractivity contribution in [3.63, 3.8) is 0 Å². The van der Waals surface area contributed by atoms with Crippen LogP contribution in [0.3, 0.4) is 0 Å². The molecule has 0 spiro atoms. The lowest BCUT2D eigenvalue weighted by Crippen LogP contribution is -2.02. The molecule has 0 aliphatic rings. The van der Waals surface area contributed by atoms with Crippen LogP contribution in [-0.4, -0.2) is 21.3 Å². The fourth-order valence-corrected chi connectivity index (χ4v) is 1.12. The summed E-state index contributed by atoms with van der Waals surface area (Å²) in [5, 5.41) is 10.3. The van der Waals surface area contributed by atoms with Gasteiger partial charge in [-0.3, -0.25) is 14.3 Å². The number of hydrogen-bond donors (Lipinski definition) is 0. The van der Waals surface area contributed by atoms with Gasteiger partial charge >= 0.3 is 0 Å². The average molecular weight is 215 g/mol. The van der Waals surface area contributed by atoms with E-state index < -0.39 is 15.7 Å².